The summed E-state index contributed by atoms with van der Waals surface area (Å²) >= 11 is 0. The van der Waals surface area contributed by atoms with Crippen molar-refractivity contribution in [3.63, 3.8) is 0 Å². The van der Waals surface area contributed by atoms with Gasteiger partial charge in [0.05, 0.1) is 6.42 Å². The van der Waals surface area contributed by atoms with Gasteiger partial charge in [0.2, 0.25) is 0 Å². The van der Waals surface area contributed by atoms with Gasteiger partial charge in [-0.25, -0.2) is 0 Å². The quantitative estimate of drug-likeness (QED) is 0.798. The van der Waals surface area contributed by atoms with Crippen LogP contribution in [0.15, 0.2) is 0 Å². The molecule has 3 fully saturated rings. The molecule has 0 aromatic rings. The molecule has 0 radical (unpaired) electrons. The first-order valence-electron chi connectivity index (χ1n) is 7.77. The van der Waals surface area contributed by atoms with Crippen molar-refractivity contribution in [1.82, 2.24) is 0 Å². The summed E-state index contributed by atoms with van der Waals surface area (Å²) in [4.78, 5) is 12.2. The molecule has 0 spiro atoms. The van der Waals surface area contributed by atoms with Crippen LogP contribution in [0.25, 0.3) is 0 Å². The van der Waals surface area contributed by atoms with Crippen molar-refractivity contribution in [3.05, 3.63) is 0 Å². The van der Waals surface area contributed by atoms with Crippen molar-refractivity contribution in [2.24, 2.45) is 34.8 Å². The van der Waals surface area contributed by atoms with Crippen LogP contribution < -0.4 is 5.73 Å². The van der Waals surface area contributed by atoms with E-state index in [-0.39, 0.29) is 17.0 Å². The molecule has 0 unspecified atom stereocenters. The van der Waals surface area contributed by atoms with E-state index in [0.29, 0.717) is 24.8 Å². The van der Waals surface area contributed by atoms with Crippen LogP contribution in [0.4, 0.5) is 0 Å². The average Bonchev–Trinajstić information content (AvgIpc) is 2.48. The molecule has 3 saturated carbocycles. The number of nitrogens with two attached hydrogens (primary N) is 1. The molecule has 3 rings (SSSR count). The second kappa shape index (κ2) is 4.21. The smallest absolute Gasteiger partial charge is 0.306 e. The second-order valence-electron chi connectivity index (χ2n) is 7.99. The minimum atomic E-state index is -0.385. The fourth-order valence-corrected chi connectivity index (χ4v) is 5.30. The van der Waals surface area contributed by atoms with E-state index in [1.54, 1.807) is 0 Å². The van der Waals surface area contributed by atoms with Gasteiger partial charge < -0.3 is 10.5 Å². The van der Waals surface area contributed by atoms with Gasteiger partial charge >= 0.3 is 5.97 Å². The predicted octanol–water partition coefficient (Wildman–Crippen LogP) is 2.73. The number of fused-ring (bicyclic) bond motifs is 1. The van der Waals surface area contributed by atoms with Crippen molar-refractivity contribution >= 4 is 5.97 Å². The number of ether oxygens (including phenoxy) is 1. The molecular formula is C16H27NO2. The molecule has 3 aliphatic carbocycles. The highest BCUT2D eigenvalue weighted by Crippen LogP contribution is 2.70. The molecule has 19 heavy (non-hydrogen) atoms. The third kappa shape index (κ3) is 2.01. The molecule has 2 bridgehead atoms. The Morgan fingerprint density at radius 2 is 2.00 bits per heavy atom. The van der Waals surface area contributed by atoms with E-state index < -0.39 is 0 Å². The number of carbonyl (C=O) groups is 1. The predicted molar refractivity (Wildman–Crippen MR) is 74.4 cm³/mol. The summed E-state index contributed by atoms with van der Waals surface area (Å²) in [6.45, 7) is 6.46. The lowest BCUT2D eigenvalue weighted by Gasteiger charge is -2.59. The maximum Gasteiger partial charge on any atom is 0.306 e. The van der Waals surface area contributed by atoms with Gasteiger partial charge in [-0.1, -0.05) is 6.42 Å². The highest BCUT2D eigenvalue weighted by atomic mass is 16.6. The molecule has 0 aromatic carbocycles. The highest BCUT2D eigenvalue weighted by molar-refractivity contribution is 5.71. The largest absolute Gasteiger partial charge is 0.460 e. The summed E-state index contributed by atoms with van der Waals surface area (Å²) in [5.74, 6) is 3.12. The number of rotatable bonds is 3. The van der Waals surface area contributed by atoms with Crippen molar-refractivity contribution in [1.29, 1.82) is 0 Å². The van der Waals surface area contributed by atoms with Gasteiger partial charge in [-0.05, 0) is 75.7 Å². The van der Waals surface area contributed by atoms with Crippen LogP contribution in [0.3, 0.4) is 0 Å². The Labute approximate surface area is 116 Å². The molecule has 5 atom stereocenters. The molecule has 0 aliphatic heterocycles. The topological polar surface area (TPSA) is 52.3 Å². The summed E-state index contributed by atoms with van der Waals surface area (Å²) in [5.41, 5.74) is 5.80. The van der Waals surface area contributed by atoms with Crippen molar-refractivity contribution in [2.45, 2.75) is 58.5 Å². The summed E-state index contributed by atoms with van der Waals surface area (Å²) in [5, 5.41) is 0. The van der Waals surface area contributed by atoms with Crippen molar-refractivity contribution < 1.29 is 9.53 Å². The van der Waals surface area contributed by atoms with Crippen LogP contribution in [0.2, 0.25) is 0 Å². The van der Waals surface area contributed by atoms with Crippen molar-refractivity contribution in [3.8, 4) is 0 Å². The first-order valence-corrected chi connectivity index (χ1v) is 7.77. The number of hydrogen-bond donors (Lipinski definition) is 1. The van der Waals surface area contributed by atoms with Crippen molar-refractivity contribution in [2.75, 3.05) is 6.54 Å². The molecule has 3 aliphatic rings. The van der Waals surface area contributed by atoms with Crippen LogP contribution in [-0.2, 0) is 9.53 Å². The Morgan fingerprint density at radius 1 is 1.26 bits per heavy atom. The zero-order valence-electron chi connectivity index (χ0n) is 12.4. The molecule has 3 nitrogen and oxygen atoms in total. The Hall–Kier alpha value is -0.570. The molecule has 0 saturated heterocycles. The Kier molecular flexibility index (Phi) is 2.97. The molecule has 0 heterocycles. The molecule has 108 valence electrons. The van der Waals surface area contributed by atoms with Crippen LogP contribution in [0, 0.1) is 29.1 Å². The zero-order chi connectivity index (χ0) is 13.8. The number of hydrogen-bond acceptors (Lipinski definition) is 3. The third-order valence-electron chi connectivity index (χ3n) is 5.86. The normalized spacial score (nSPS) is 43.8. The minimum absolute atomic E-state index is 0.0493. The summed E-state index contributed by atoms with van der Waals surface area (Å²) < 4.78 is 5.53. The van der Waals surface area contributed by atoms with Gasteiger partial charge in [-0.15, -0.1) is 0 Å². The van der Waals surface area contributed by atoms with Crippen LogP contribution in [-0.4, -0.2) is 18.1 Å². The molecule has 3 heteroatoms. The van der Waals surface area contributed by atoms with Crippen LogP contribution >= 0.6 is 0 Å². The molecule has 0 amide bonds. The lowest BCUT2D eigenvalue weighted by Crippen LogP contribution is -2.59. The van der Waals surface area contributed by atoms with E-state index in [9.17, 15) is 4.79 Å². The fourth-order valence-electron chi connectivity index (χ4n) is 5.30. The third-order valence-corrected chi connectivity index (χ3v) is 5.86. The second-order valence-corrected chi connectivity index (χ2v) is 7.99. The van der Waals surface area contributed by atoms with E-state index >= 15 is 0 Å². The van der Waals surface area contributed by atoms with E-state index in [4.69, 9.17) is 10.5 Å². The zero-order valence-corrected chi connectivity index (χ0v) is 12.4. The lowest BCUT2D eigenvalue weighted by atomic mass is 9.45. The maximum atomic E-state index is 12.2. The summed E-state index contributed by atoms with van der Waals surface area (Å²) in [7, 11) is 0. The Morgan fingerprint density at radius 3 is 2.63 bits per heavy atom. The maximum absolute atomic E-state index is 12.2. The number of carbonyl (C=O) groups excluding carboxylic acids is 1. The van der Waals surface area contributed by atoms with Gasteiger partial charge in [-0.3, -0.25) is 4.79 Å². The Bertz CT molecular complexity index is 379. The van der Waals surface area contributed by atoms with E-state index in [1.165, 1.54) is 25.7 Å². The standard InChI is InChI=1S/C16H27NO2/c1-15(2,3)19-14(18)8-16(9-17)12-5-4-10-6-11(12)13(16)7-10/h10-13H,4-9,17H2,1-3H3/t10-,11-,12+,13-,16-/m0/s1. The summed E-state index contributed by atoms with van der Waals surface area (Å²) in [6.07, 6.45) is 5.88. The van der Waals surface area contributed by atoms with Gasteiger partial charge in [0.1, 0.15) is 5.60 Å². The fraction of sp³-hybridized carbons (Fsp3) is 0.938. The van der Waals surface area contributed by atoms with Crippen LogP contribution in [0.1, 0.15) is 52.9 Å². The molecule has 2 N–H and O–H groups in total. The number of esters is 1. The van der Waals surface area contributed by atoms with Crippen LogP contribution in [0.5, 0.6) is 0 Å². The first kappa shape index (κ1) is 13.4. The van der Waals surface area contributed by atoms with E-state index in [1.807, 2.05) is 20.8 Å². The molecular weight excluding hydrogens is 238 g/mol. The monoisotopic (exact) mass is 265 g/mol. The highest BCUT2D eigenvalue weighted by Gasteiger charge is 2.66. The van der Waals surface area contributed by atoms with Gasteiger partial charge in [0.25, 0.3) is 0 Å². The first-order chi connectivity index (χ1) is 8.86. The summed E-state index contributed by atoms with van der Waals surface area (Å²) in [6, 6.07) is 0. The van der Waals surface area contributed by atoms with E-state index in [2.05, 4.69) is 0 Å². The van der Waals surface area contributed by atoms with Gasteiger partial charge in [-0.2, -0.15) is 0 Å². The molecule has 0 aromatic heterocycles. The average molecular weight is 265 g/mol. The minimum Gasteiger partial charge on any atom is -0.460 e. The van der Waals surface area contributed by atoms with Gasteiger partial charge in [0, 0.05) is 0 Å². The van der Waals surface area contributed by atoms with E-state index in [0.717, 1.165) is 11.8 Å². The Balaban J connectivity index is 1.73. The lowest BCUT2D eigenvalue weighted by molar-refractivity contribution is -0.171. The van der Waals surface area contributed by atoms with Gasteiger partial charge in [0.15, 0.2) is 0 Å². The SMILES string of the molecule is CC(C)(C)OC(=O)C[C@]1(CN)[C@@H]2CC[C@H]3C[C@@H]2[C@@H]1C3.